The third-order valence-corrected chi connectivity index (χ3v) is 7.82. The molecule has 0 fully saturated rings. The van der Waals surface area contributed by atoms with Crippen molar-refractivity contribution in [1.82, 2.24) is 0 Å². The zero-order valence-electron chi connectivity index (χ0n) is 25.4. The summed E-state index contributed by atoms with van der Waals surface area (Å²) in [6.07, 6.45) is 22.8. The average Bonchev–Trinajstić information content (AvgIpc) is 2.90. The van der Waals surface area contributed by atoms with Crippen molar-refractivity contribution in [3.63, 3.8) is 0 Å². The van der Waals surface area contributed by atoms with E-state index in [9.17, 15) is 14.7 Å². The number of rotatable bonds is 22. The molecule has 1 aromatic rings. The maximum atomic E-state index is 12.7. The van der Waals surface area contributed by atoms with Gasteiger partial charge < -0.3 is 15.7 Å². The van der Waals surface area contributed by atoms with Crippen LogP contribution in [0.4, 0.5) is 11.4 Å². The van der Waals surface area contributed by atoms with Crippen LogP contribution in [0.5, 0.6) is 5.75 Å². The lowest BCUT2D eigenvalue weighted by molar-refractivity contribution is -0.117. The Hall–Kier alpha value is -2.04. The molecule has 38 heavy (non-hydrogen) atoms. The van der Waals surface area contributed by atoms with Gasteiger partial charge in [-0.15, -0.1) is 0 Å². The van der Waals surface area contributed by atoms with Gasteiger partial charge in [0, 0.05) is 24.1 Å². The summed E-state index contributed by atoms with van der Waals surface area (Å²) < 4.78 is 0. The number of benzene rings is 1. The number of unbranched alkanes of at least 4 members (excludes halogenated alkanes) is 16. The van der Waals surface area contributed by atoms with Gasteiger partial charge in [0.15, 0.2) is 0 Å². The largest absolute Gasteiger partial charge is 0.505 e. The molecule has 0 radical (unpaired) electrons. The lowest BCUT2D eigenvalue weighted by Gasteiger charge is -2.20. The Labute approximate surface area is 234 Å². The molecule has 0 saturated carbocycles. The SMILES string of the molecule is CCCCCCCCCCCC(=O)Nc1c(C)c(C)c(O)c(NC(=O)CCCCCCCCCCC)c1C. The Balaban J connectivity index is 2.49. The molecule has 1 aromatic carbocycles. The minimum Gasteiger partial charge on any atom is -0.505 e. The first-order chi connectivity index (χ1) is 18.3. The van der Waals surface area contributed by atoms with Crippen LogP contribution in [0.3, 0.4) is 0 Å². The van der Waals surface area contributed by atoms with Crippen molar-refractivity contribution < 1.29 is 14.7 Å². The van der Waals surface area contributed by atoms with E-state index in [1.165, 1.54) is 89.9 Å². The molecule has 0 aliphatic rings. The normalized spacial score (nSPS) is 11.1. The highest BCUT2D eigenvalue weighted by atomic mass is 16.3. The second-order valence-electron chi connectivity index (χ2n) is 11.2. The van der Waals surface area contributed by atoms with E-state index in [-0.39, 0.29) is 17.6 Å². The number of hydrogen-bond acceptors (Lipinski definition) is 3. The Morgan fingerprint density at radius 2 is 0.842 bits per heavy atom. The quantitative estimate of drug-likeness (QED) is 0.0792. The Morgan fingerprint density at radius 1 is 0.500 bits per heavy atom. The molecule has 0 spiro atoms. The summed E-state index contributed by atoms with van der Waals surface area (Å²) in [5.74, 6) is 0.00939. The maximum absolute atomic E-state index is 12.7. The molecule has 5 heteroatoms. The first-order valence-electron chi connectivity index (χ1n) is 15.8. The minimum absolute atomic E-state index is 0.00351. The van der Waals surface area contributed by atoms with E-state index in [4.69, 9.17) is 0 Å². The molecule has 0 bridgehead atoms. The summed E-state index contributed by atoms with van der Waals surface area (Å²) in [4.78, 5) is 25.3. The fourth-order valence-corrected chi connectivity index (χ4v) is 5.07. The zero-order chi connectivity index (χ0) is 28.2. The highest BCUT2D eigenvalue weighted by Crippen LogP contribution is 2.39. The van der Waals surface area contributed by atoms with E-state index in [0.717, 1.165) is 31.2 Å². The maximum Gasteiger partial charge on any atom is 0.224 e. The molecule has 2 amide bonds. The van der Waals surface area contributed by atoms with E-state index >= 15 is 0 Å². The molecular formula is C33H58N2O3. The van der Waals surface area contributed by atoms with Crippen LogP contribution in [0.25, 0.3) is 0 Å². The van der Waals surface area contributed by atoms with Gasteiger partial charge in [0.2, 0.25) is 11.8 Å². The van der Waals surface area contributed by atoms with Crippen molar-refractivity contribution in [2.45, 2.75) is 163 Å². The molecule has 0 unspecified atom stereocenters. The van der Waals surface area contributed by atoms with Gasteiger partial charge in [-0.1, -0.05) is 117 Å². The number of carbonyl (C=O) groups is 2. The van der Waals surface area contributed by atoms with Crippen LogP contribution in [0.1, 0.15) is 159 Å². The predicted octanol–water partition coefficient (Wildman–Crippen LogP) is 10.0. The molecule has 5 nitrogen and oxygen atoms in total. The zero-order valence-corrected chi connectivity index (χ0v) is 25.4. The lowest BCUT2D eigenvalue weighted by atomic mass is 9.99. The van der Waals surface area contributed by atoms with E-state index in [2.05, 4.69) is 24.5 Å². The Bertz CT molecular complexity index is 756. The smallest absolute Gasteiger partial charge is 0.224 e. The van der Waals surface area contributed by atoms with Crippen molar-refractivity contribution in [1.29, 1.82) is 0 Å². The van der Waals surface area contributed by atoms with Crippen molar-refractivity contribution >= 4 is 23.2 Å². The highest BCUT2D eigenvalue weighted by Gasteiger charge is 2.20. The lowest BCUT2D eigenvalue weighted by Crippen LogP contribution is -2.17. The molecule has 0 aliphatic heterocycles. The van der Waals surface area contributed by atoms with Crippen molar-refractivity contribution in [2.24, 2.45) is 0 Å². The van der Waals surface area contributed by atoms with E-state index in [0.29, 0.717) is 35.3 Å². The molecule has 3 N–H and O–H groups in total. The van der Waals surface area contributed by atoms with Gasteiger partial charge >= 0.3 is 0 Å². The van der Waals surface area contributed by atoms with Gasteiger partial charge in [-0.2, -0.15) is 0 Å². The van der Waals surface area contributed by atoms with Gasteiger partial charge in [-0.25, -0.2) is 0 Å². The van der Waals surface area contributed by atoms with E-state index in [1.54, 1.807) is 0 Å². The van der Waals surface area contributed by atoms with E-state index < -0.39 is 0 Å². The summed E-state index contributed by atoms with van der Waals surface area (Å²) in [5, 5.41) is 16.8. The first-order valence-corrected chi connectivity index (χ1v) is 15.8. The number of phenols is 1. The monoisotopic (exact) mass is 530 g/mol. The summed E-state index contributed by atoms with van der Waals surface area (Å²) in [6, 6.07) is 0. The van der Waals surface area contributed by atoms with Crippen LogP contribution in [0.2, 0.25) is 0 Å². The molecular weight excluding hydrogens is 472 g/mol. The molecule has 0 atom stereocenters. The second-order valence-corrected chi connectivity index (χ2v) is 11.2. The molecule has 0 aliphatic carbocycles. The Morgan fingerprint density at radius 3 is 1.24 bits per heavy atom. The molecule has 0 heterocycles. The van der Waals surface area contributed by atoms with Gasteiger partial charge in [0.05, 0.1) is 5.69 Å². The van der Waals surface area contributed by atoms with Crippen LogP contribution in [0, 0.1) is 20.8 Å². The van der Waals surface area contributed by atoms with Crippen molar-refractivity contribution in [3.05, 3.63) is 16.7 Å². The second kappa shape index (κ2) is 20.9. The molecule has 0 saturated heterocycles. The topological polar surface area (TPSA) is 78.4 Å². The van der Waals surface area contributed by atoms with Gasteiger partial charge in [0.1, 0.15) is 5.75 Å². The summed E-state index contributed by atoms with van der Waals surface area (Å²) >= 11 is 0. The van der Waals surface area contributed by atoms with Gasteiger partial charge in [-0.3, -0.25) is 9.59 Å². The minimum atomic E-state index is -0.0819. The van der Waals surface area contributed by atoms with Crippen LogP contribution in [-0.2, 0) is 9.59 Å². The third kappa shape index (κ3) is 13.7. The van der Waals surface area contributed by atoms with Gasteiger partial charge in [-0.05, 0) is 44.7 Å². The van der Waals surface area contributed by atoms with Crippen molar-refractivity contribution in [3.8, 4) is 5.75 Å². The fraction of sp³-hybridized carbons (Fsp3) is 0.758. The van der Waals surface area contributed by atoms with Crippen LogP contribution < -0.4 is 10.6 Å². The number of aromatic hydroxyl groups is 1. The van der Waals surface area contributed by atoms with Gasteiger partial charge in [0.25, 0.3) is 0 Å². The predicted molar refractivity (Wildman–Crippen MR) is 163 cm³/mol. The summed E-state index contributed by atoms with van der Waals surface area (Å²) in [5.41, 5.74) is 3.38. The van der Waals surface area contributed by atoms with E-state index in [1.807, 2.05) is 20.8 Å². The first kappa shape index (κ1) is 34.0. The van der Waals surface area contributed by atoms with Crippen LogP contribution in [0.15, 0.2) is 0 Å². The Kier molecular flexibility index (Phi) is 18.7. The highest BCUT2D eigenvalue weighted by molar-refractivity contribution is 5.98. The molecule has 1 rings (SSSR count). The number of amides is 2. The van der Waals surface area contributed by atoms with Crippen LogP contribution >= 0.6 is 0 Å². The standard InChI is InChI=1S/C33H58N2O3/c1-6-8-10-12-14-16-18-20-22-24-29(36)34-31-26(3)27(4)33(38)32(28(31)5)35-30(37)25-23-21-19-17-15-13-11-9-7-2/h38H,6-25H2,1-5H3,(H,34,36)(H,35,37). The van der Waals surface area contributed by atoms with Crippen LogP contribution in [-0.4, -0.2) is 16.9 Å². The summed E-state index contributed by atoms with van der Waals surface area (Å²) in [7, 11) is 0. The number of anilines is 2. The number of carbonyl (C=O) groups excluding carboxylic acids is 2. The fourth-order valence-electron chi connectivity index (χ4n) is 5.07. The third-order valence-electron chi connectivity index (χ3n) is 7.82. The molecule has 0 aromatic heterocycles. The van der Waals surface area contributed by atoms with Crippen molar-refractivity contribution in [2.75, 3.05) is 10.6 Å². The number of hydrogen-bond donors (Lipinski definition) is 3. The molecule has 218 valence electrons. The summed E-state index contributed by atoms with van der Waals surface area (Å²) in [6.45, 7) is 10.1. The number of nitrogens with one attached hydrogen (secondary N) is 2. The number of phenolic OH excluding ortho intramolecular Hbond substituents is 1. The average molecular weight is 531 g/mol.